The molecular weight excluding hydrogens is 392 g/mol. The van der Waals surface area contributed by atoms with Crippen molar-refractivity contribution in [3.63, 3.8) is 0 Å². The van der Waals surface area contributed by atoms with E-state index < -0.39 is 12.2 Å². The van der Waals surface area contributed by atoms with Crippen molar-refractivity contribution in [1.82, 2.24) is 4.90 Å². The van der Waals surface area contributed by atoms with E-state index in [1.807, 2.05) is 24.3 Å². The second-order valence-electron chi connectivity index (χ2n) is 7.58. The van der Waals surface area contributed by atoms with Gasteiger partial charge in [-0.15, -0.1) is 0 Å². The molecule has 0 aromatic heterocycles. The number of methoxy groups -OCH3 is 1. The van der Waals surface area contributed by atoms with Gasteiger partial charge in [-0.2, -0.15) is 8.78 Å². The Kier molecular flexibility index (Phi) is 5.19. The van der Waals surface area contributed by atoms with Gasteiger partial charge in [0.05, 0.1) is 6.61 Å². The Hall–Kier alpha value is -3.00. The van der Waals surface area contributed by atoms with Gasteiger partial charge in [0.2, 0.25) is 0 Å². The summed E-state index contributed by atoms with van der Waals surface area (Å²) in [5, 5.41) is 0. The van der Waals surface area contributed by atoms with Gasteiger partial charge in [0.25, 0.3) is 5.91 Å². The fraction of sp³-hybridized carbons (Fsp3) is 0.364. The maximum absolute atomic E-state index is 13.4. The zero-order valence-corrected chi connectivity index (χ0v) is 16.8. The average Bonchev–Trinajstić information content (AvgIpc) is 3.53. The predicted molar refractivity (Wildman–Crippen MR) is 107 cm³/mol. The quantitative estimate of drug-likeness (QED) is 0.753. The smallest absolute Gasteiger partial charge is 0.387 e. The summed E-state index contributed by atoms with van der Waals surface area (Å²) in [6.45, 7) is -2.54. The summed E-state index contributed by atoms with van der Waals surface area (Å²) >= 11 is 0. The van der Waals surface area contributed by atoms with Gasteiger partial charge >= 0.3 is 6.61 Å². The van der Waals surface area contributed by atoms with Gasteiger partial charge in [-0.3, -0.25) is 9.69 Å². The molecule has 0 unspecified atom stereocenters. The molecule has 30 heavy (non-hydrogen) atoms. The third kappa shape index (κ3) is 3.41. The van der Waals surface area contributed by atoms with Gasteiger partial charge in [0.1, 0.15) is 5.75 Å². The van der Waals surface area contributed by atoms with E-state index in [4.69, 9.17) is 15.2 Å². The highest BCUT2D eigenvalue weighted by Crippen LogP contribution is 2.48. The van der Waals surface area contributed by atoms with Gasteiger partial charge in [0.15, 0.2) is 11.5 Å². The number of rotatable bonds is 7. The second kappa shape index (κ2) is 7.68. The van der Waals surface area contributed by atoms with Crippen molar-refractivity contribution in [1.29, 1.82) is 0 Å². The van der Waals surface area contributed by atoms with Crippen molar-refractivity contribution >= 4 is 11.9 Å². The molecule has 0 radical (unpaired) electrons. The lowest BCUT2D eigenvalue weighted by Crippen LogP contribution is -2.41. The Morgan fingerprint density at radius 1 is 1.23 bits per heavy atom. The fourth-order valence-corrected chi connectivity index (χ4v) is 3.93. The van der Waals surface area contributed by atoms with Crippen LogP contribution in [0.2, 0.25) is 0 Å². The number of hydrogen-bond donors (Lipinski definition) is 1. The number of halogens is 2. The number of aliphatic imine (C=N–C) groups is 1. The normalized spacial score (nSPS) is 21.3. The fourth-order valence-electron chi connectivity index (χ4n) is 3.93. The standard InChI is InChI=1S/C22H23F2N3O3/c1-27-19(28)22(26-21(27)25,15-5-3-4-13(10-15)12-29-2)16-8-9-18(30-20(23)24)17(11-16)14-6-7-14/h3-5,8-11,14,20H,6-7,12H2,1-2H3,(H2,25,26)/t22-/m0/s1. The van der Waals surface area contributed by atoms with Crippen LogP contribution in [0.5, 0.6) is 5.75 Å². The highest BCUT2D eigenvalue weighted by atomic mass is 19.3. The third-order valence-electron chi connectivity index (χ3n) is 5.56. The van der Waals surface area contributed by atoms with E-state index in [1.165, 1.54) is 11.0 Å². The van der Waals surface area contributed by atoms with E-state index in [0.717, 1.165) is 18.4 Å². The van der Waals surface area contributed by atoms with Gasteiger partial charge in [-0.05, 0) is 53.1 Å². The number of amides is 1. The average molecular weight is 415 g/mol. The molecular formula is C22H23F2N3O3. The molecule has 1 heterocycles. The first-order chi connectivity index (χ1) is 14.4. The molecule has 158 valence electrons. The molecule has 1 aliphatic heterocycles. The highest BCUT2D eigenvalue weighted by molar-refractivity contribution is 6.09. The lowest BCUT2D eigenvalue weighted by Gasteiger charge is -2.27. The van der Waals surface area contributed by atoms with Crippen molar-refractivity contribution in [2.45, 2.75) is 37.5 Å². The number of carbonyl (C=O) groups excluding carboxylic acids is 1. The molecule has 6 nitrogen and oxygen atoms in total. The van der Waals surface area contributed by atoms with Gasteiger partial charge in [-0.1, -0.05) is 30.3 Å². The summed E-state index contributed by atoms with van der Waals surface area (Å²) < 4.78 is 35.7. The molecule has 2 aliphatic rings. The van der Waals surface area contributed by atoms with Crippen molar-refractivity contribution in [2.24, 2.45) is 10.7 Å². The van der Waals surface area contributed by atoms with Crippen LogP contribution in [0.1, 0.15) is 41.0 Å². The molecule has 1 atom stereocenters. The van der Waals surface area contributed by atoms with Crippen LogP contribution in [0.25, 0.3) is 0 Å². The van der Waals surface area contributed by atoms with E-state index in [9.17, 15) is 13.6 Å². The number of carbonyl (C=O) groups is 1. The molecule has 0 saturated heterocycles. The van der Waals surface area contributed by atoms with Crippen LogP contribution in [0.15, 0.2) is 47.5 Å². The molecule has 1 fully saturated rings. The molecule has 0 spiro atoms. The van der Waals surface area contributed by atoms with E-state index in [0.29, 0.717) is 23.3 Å². The van der Waals surface area contributed by atoms with Crippen LogP contribution in [0.4, 0.5) is 8.78 Å². The largest absolute Gasteiger partial charge is 0.435 e. The van der Waals surface area contributed by atoms with Crippen molar-refractivity contribution < 1.29 is 23.0 Å². The summed E-state index contributed by atoms with van der Waals surface area (Å²) in [5.41, 5.74) is 7.38. The molecule has 2 aromatic carbocycles. The Labute approximate surface area is 173 Å². The molecule has 2 aromatic rings. The number of guanidine groups is 1. The lowest BCUT2D eigenvalue weighted by atomic mass is 9.81. The SMILES string of the molecule is COCc1cccc([C@@]2(c3ccc(OC(F)F)c(C4CC4)c3)N=C(N)N(C)C2=O)c1. The maximum Gasteiger partial charge on any atom is 0.387 e. The summed E-state index contributed by atoms with van der Waals surface area (Å²) in [4.78, 5) is 19.3. The topological polar surface area (TPSA) is 77.2 Å². The zero-order valence-electron chi connectivity index (χ0n) is 16.8. The Morgan fingerprint density at radius 2 is 1.97 bits per heavy atom. The van der Waals surface area contributed by atoms with Crippen LogP contribution >= 0.6 is 0 Å². The van der Waals surface area contributed by atoms with Crippen molar-refractivity contribution in [3.05, 3.63) is 64.7 Å². The Balaban J connectivity index is 1.89. The van der Waals surface area contributed by atoms with Crippen molar-refractivity contribution in [3.8, 4) is 5.75 Å². The molecule has 8 heteroatoms. The predicted octanol–water partition coefficient (Wildman–Crippen LogP) is 3.34. The molecule has 0 bridgehead atoms. The Morgan fingerprint density at radius 3 is 2.57 bits per heavy atom. The van der Waals surface area contributed by atoms with Crippen LogP contribution < -0.4 is 10.5 Å². The third-order valence-corrected chi connectivity index (χ3v) is 5.56. The van der Waals surface area contributed by atoms with Gasteiger partial charge in [0, 0.05) is 14.2 Å². The molecule has 1 saturated carbocycles. The first kappa shape index (κ1) is 20.3. The minimum Gasteiger partial charge on any atom is -0.435 e. The highest BCUT2D eigenvalue weighted by Gasteiger charge is 2.50. The number of nitrogens with two attached hydrogens (primary N) is 1. The molecule has 1 aliphatic carbocycles. The first-order valence-electron chi connectivity index (χ1n) is 9.68. The zero-order chi connectivity index (χ0) is 21.5. The Bertz CT molecular complexity index is 1010. The van der Waals surface area contributed by atoms with Crippen LogP contribution in [-0.4, -0.2) is 37.5 Å². The van der Waals surface area contributed by atoms with Gasteiger partial charge in [-0.25, -0.2) is 4.99 Å². The van der Waals surface area contributed by atoms with E-state index in [1.54, 1.807) is 26.3 Å². The molecule has 2 N–H and O–H groups in total. The summed E-state index contributed by atoms with van der Waals surface area (Å²) in [7, 11) is 3.16. The number of ether oxygens (including phenoxy) is 2. The molecule has 1 amide bonds. The van der Waals surface area contributed by atoms with Gasteiger partial charge < -0.3 is 15.2 Å². The number of hydrogen-bond acceptors (Lipinski definition) is 5. The van der Waals surface area contributed by atoms with Crippen LogP contribution in [-0.2, 0) is 21.7 Å². The number of likely N-dealkylation sites (N-methyl/N-ethyl adjacent to an activating group) is 1. The number of alkyl halides is 2. The minimum atomic E-state index is -2.92. The van der Waals surface area contributed by atoms with Crippen LogP contribution in [0, 0.1) is 0 Å². The van der Waals surface area contributed by atoms with E-state index >= 15 is 0 Å². The molecule has 4 rings (SSSR count). The number of benzene rings is 2. The van der Waals surface area contributed by atoms with E-state index in [-0.39, 0.29) is 23.5 Å². The monoisotopic (exact) mass is 415 g/mol. The lowest BCUT2D eigenvalue weighted by molar-refractivity contribution is -0.129. The maximum atomic E-state index is 13.4. The summed E-state index contributed by atoms with van der Waals surface area (Å²) in [6.07, 6.45) is 1.78. The number of nitrogens with zero attached hydrogens (tertiary/aromatic N) is 2. The summed E-state index contributed by atoms with van der Waals surface area (Å²) in [5.74, 6) is 0.0540. The summed E-state index contributed by atoms with van der Waals surface area (Å²) in [6, 6.07) is 12.3. The van der Waals surface area contributed by atoms with Crippen LogP contribution in [0.3, 0.4) is 0 Å². The first-order valence-corrected chi connectivity index (χ1v) is 9.68. The van der Waals surface area contributed by atoms with Crippen molar-refractivity contribution in [2.75, 3.05) is 14.2 Å². The second-order valence-corrected chi connectivity index (χ2v) is 7.58. The van der Waals surface area contributed by atoms with E-state index in [2.05, 4.69) is 4.99 Å². The minimum absolute atomic E-state index is 0.0954.